The maximum atomic E-state index is 12.4. The van der Waals surface area contributed by atoms with E-state index in [-0.39, 0.29) is 0 Å². The Morgan fingerprint density at radius 3 is 2.31 bits per heavy atom. The van der Waals surface area contributed by atoms with Gasteiger partial charge in [-0.25, -0.2) is 4.98 Å². The van der Waals surface area contributed by atoms with Gasteiger partial charge in [0.15, 0.2) is 0 Å². The third-order valence-electron chi connectivity index (χ3n) is 6.01. The fourth-order valence-corrected chi connectivity index (χ4v) is 3.95. The van der Waals surface area contributed by atoms with Gasteiger partial charge < -0.3 is 15.3 Å². The van der Waals surface area contributed by atoms with Crippen molar-refractivity contribution in [1.82, 2.24) is 9.88 Å². The standard InChI is InChI=1S/C22H26N4O3/c27-20(22(21(28)29)9-3-10-22)24-18-7-5-17(6-8-18)16-25-12-14-26(15-13-25)19-4-1-2-11-23-19/h1-2,4-8,11H,3,9-10,12-16H2,(H,24,27)(H,28,29). The van der Waals surface area contributed by atoms with E-state index in [9.17, 15) is 14.7 Å². The molecule has 0 spiro atoms. The van der Waals surface area contributed by atoms with Crippen LogP contribution in [0.25, 0.3) is 0 Å². The minimum atomic E-state index is -1.24. The van der Waals surface area contributed by atoms with Crippen molar-refractivity contribution < 1.29 is 14.7 Å². The number of anilines is 2. The molecule has 0 radical (unpaired) electrons. The van der Waals surface area contributed by atoms with Gasteiger partial charge >= 0.3 is 5.97 Å². The average Bonchev–Trinajstić information content (AvgIpc) is 2.69. The lowest BCUT2D eigenvalue weighted by molar-refractivity contribution is -0.159. The Morgan fingerprint density at radius 1 is 1.03 bits per heavy atom. The summed E-state index contributed by atoms with van der Waals surface area (Å²) in [7, 11) is 0. The Bertz CT molecular complexity index is 857. The molecule has 1 amide bonds. The zero-order valence-corrected chi connectivity index (χ0v) is 16.4. The van der Waals surface area contributed by atoms with Crippen LogP contribution in [0.2, 0.25) is 0 Å². The largest absolute Gasteiger partial charge is 0.480 e. The van der Waals surface area contributed by atoms with Crippen LogP contribution in [0.4, 0.5) is 11.5 Å². The first kappa shape index (κ1) is 19.4. The molecule has 7 heteroatoms. The highest BCUT2D eigenvalue weighted by molar-refractivity contribution is 6.09. The van der Waals surface area contributed by atoms with E-state index < -0.39 is 17.3 Å². The number of carbonyl (C=O) groups excluding carboxylic acids is 1. The Balaban J connectivity index is 1.29. The number of benzene rings is 1. The number of piperazine rings is 1. The second kappa shape index (κ2) is 8.21. The minimum Gasteiger partial charge on any atom is -0.480 e. The number of nitrogens with one attached hydrogen (secondary N) is 1. The first-order chi connectivity index (χ1) is 14.1. The molecule has 1 aliphatic carbocycles. The number of nitrogens with zero attached hydrogens (tertiary/aromatic N) is 3. The molecule has 2 heterocycles. The Labute approximate surface area is 170 Å². The number of pyridine rings is 1. The summed E-state index contributed by atoms with van der Waals surface area (Å²) in [5.74, 6) is -0.407. The van der Waals surface area contributed by atoms with Gasteiger partial charge in [-0.1, -0.05) is 24.6 Å². The molecule has 1 aliphatic heterocycles. The van der Waals surface area contributed by atoms with E-state index in [1.165, 1.54) is 5.56 Å². The zero-order chi connectivity index (χ0) is 20.3. The molecule has 152 valence electrons. The number of hydrogen-bond donors (Lipinski definition) is 2. The first-order valence-corrected chi connectivity index (χ1v) is 10.1. The number of carboxylic acids is 1. The van der Waals surface area contributed by atoms with Crippen LogP contribution in [-0.4, -0.2) is 53.0 Å². The molecule has 1 aromatic carbocycles. The second-order valence-corrected chi connectivity index (χ2v) is 7.84. The number of hydrogen-bond acceptors (Lipinski definition) is 5. The van der Waals surface area contributed by atoms with E-state index in [0.29, 0.717) is 18.5 Å². The molecule has 2 aromatic rings. The number of aromatic nitrogens is 1. The fourth-order valence-electron chi connectivity index (χ4n) is 3.95. The van der Waals surface area contributed by atoms with Gasteiger partial charge in [-0.05, 0) is 42.7 Å². The fraction of sp³-hybridized carbons (Fsp3) is 0.409. The van der Waals surface area contributed by atoms with Crippen LogP contribution in [0.1, 0.15) is 24.8 Å². The third kappa shape index (κ3) is 4.10. The predicted molar refractivity (Wildman–Crippen MR) is 111 cm³/mol. The Kier molecular flexibility index (Phi) is 5.49. The summed E-state index contributed by atoms with van der Waals surface area (Å²) in [6.07, 6.45) is 3.44. The lowest BCUT2D eigenvalue weighted by Crippen LogP contribution is -2.48. The van der Waals surface area contributed by atoms with Gasteiger partial charge in [-0.15, -0.1) is 0 Å². The van der Waals surface area contributed by atoms with E-state index in [4.69, 9.17) is 0 Å². The monoisotopic (exact) mass is 394 g/mol. The summed E-state index contributed by atoms with van der Waals surface area (Å²) in [5.41, 5.74) is 0.573. The van der Waals surface area contributed by atoms with Crippen molar-refractivity contribution in [3.63, 3.8) is 0 Å². The molecule has 29 heavy (non-hydrogen) atoms. The van der Waals surface area contributed by atoms with E-state index >= 15 is 0 Å². The van der Waals surface area contributed by atoms with Crippen LogP contribution >= 0.6 is 0 Å². The first-order valence-electron chi connectivity index (χ1n) is 10.1. The van der Waals surface area contributed by atoms with Gasteiger partial charge in [0, 0.05) is 44.6 Å². The average molecular weight is 394 g/mol. The lowest BCUT2D eigenvalue weighted by Gasteiger charge is -2.36. The molecular weight excluding hydrogens is 368 g/mol. The molecule has 2 aliphatic rings. The van der Waals surface area contributed by atoms with Crippen LogP contribution in [0.15, 0.2) is 48.7 Å². The highest BCUT2D eigenvalue weighted by Crippen LogP contribution is 2.42. The van der Waals surface area contributed by atoms with Crippen molar-refractivity contribution in [3.05, 3.63) is 54.2 Å². The summed E-state index contributed by atoms with van der Waals surface area (Å²) in [5, 5.41) is 12.2. The summed E-state index contributed by atoms with van der Waals surface area (Å²) in [4.78, 5) is 33.0. The highest BCUT2D eigenvalue weighted by atomic mass is 16.4. The highest BCUT2D eigenvalue weighted by Gasteiger charge is 2.51. The van der Waals surface area contributed by atoms with E-state index in [1.54, 1.807) is 0 Å². The molecule has 0 bridgehead atoms. The van der Waals surface area contributed by atoms with Gasteiger partial charge in [0.25, 0.3) is 0 Å². The molecule has 2 fully saturated rings. The van der Waals surface area contributed by atoms with Crippen LogP contribution < -0.4 is 10.2 Å². The normalized spacial score (nSPS) is 18.7. The molecule has 0 atom stereocenters. The molecule has 0 unspecified atom stereocenters. The number of carboxylic acid groups (broad SMARTS) is 1. The maximum absolute atomic E-state index is 12.4. The zero-order valence-electron chi connectivity index (χ0n) is 16.4. The summed E-state index contributed by atoms with van der Waals surface area (Å²) in [6.45, 7) is 4.68. The van der Waals surface area contributed by atoms with Crippen molar-refractivity contribution >= 4 is 23.4 Å². The quantitative estimate of drug-likeness (QED) is 0.733. The van der Waals surface area contributed by atoms with Crippen molar-refractivity contribution in [2.24, 2.45) is 5.41 Å². The van der Waals surface area contributed by atoms with Crippen molar-refractivity contribution in [1.29, 1.82) is 0 Å². The summed E-state index contributed by atoms with van der Waals surface area (Å²) < 4.78 is 0. The van der Waals surface area contributed by atoms with Crippen LogP contribution in [0.5, 0.6) is 0 Å². The van der Waals surface area contributed by atoms with E-state index in [2.05, 4.69) is 20.1 Å². The van der Waals surface area contributed by atoms with Gasteiger partial charge in [0.2, 0.25) is 5.91 Å². The topological polar surface area (TPSA) is 85.8 Å². The number of rotatable bonds is 6. The van der Waals surface area contributed by atoms with Gasteiger partial charge in [0.1, 0.15) is 11.2 Å². The lowest BCUT2D eigenvalue weighted by atomic mass is 9.68. The molecule has 1 saturated carbocycles. The Morgan fingerprint density at radius 2 is 1.76 bits per heavy atom. The SMILES string of the molecule is O=C(O)C1(C(=O)Nc2ccc(CN3CCN(c4ccccn4)CC3)cc2)CCC1. The molecule has 2 N–H and O–H groups in total. The maximum Gasteiger partial charge on any atom is 0.319 e. The van der Waals surface area contributed by atoms with Gasteiger partial charge in [-0.3, -0.25) is 14.5 Å². The van der Waals surface area contributed by atoms with Crippen LogP contribution in [-0.2, 0) is 16.1 Å². The number of amides is 1. The number of carbonyl (C=O) groups is 2. The number of aliphatic carboxylic acids is 1. The molecule has 1 saturated heterocycles. The third-order valence-corrected chi connectivity index (χ3v) is 6.01. The molecular formula is C22H26N4O3. The summed E-state index contributed by atoms with van der Waals surface area (Å²) in [6, 6.07) is 13.7. The van der Waals surface area contributed by atoms with Gasteiger partial charge in [-0.2, -0.15) is 0 Å². The van der Waals surface area contributed by atoms with Crippen molar-refractivity contribution in [2.45, 2.75) is 25.8 Å². The van der Waals surface area contributed by atoms with Crippen LogP contribution in [0, 0.1) is 5.41 Å². The second-order valence-electron chi connectivity index (χ2n) is 7.84. The van der Waals surface area contributed by atoms with Gasteiger partial charge in [0.05, 0.1) is 0 Å². The molecule has 4 rings (SSSR count). The van der Waals surface area contributed by atoms with E-state index in [0.717, 1.165) is 45.0 Å². The minimum absolute atomic E-state index is 0.408. The van der Waals surface area contributed by atoms with Crippen molar-refractivity contribution in [3.8, 4) is 0 Å². The van der Waals surface area contributed by atoms with Crippen LogP contribution in [0.3, 0.4) is 0 Å². The van der Waals surface area contributed by atoms with Crippen molar-refractivity contribution in [2.75, 3.05) is 36.4 Å². The summed E-state index contributed by atoms with van der Waals surface area (Å²) >= 11 is 0. The molecule has 1 aromatic heterocycles. The Hall–Kier alpha value is -2.93. The smallest absolute Gasteiger partial charge is 0.319 e. The molecule has 7 nitrogen and oxygen atoms in total. The predicted octanol–water partition coefficient (Wildman–Crippen LogP) is 2.60. The van der Waals surface area contributed by atoms with E-state index in [1.807, 2.05) is 48.7 Å².